The van der Waals surface area contributed by atoms with Crippen molar-refractivity contribution in [3.05, 3.63) is 29.0 Å². The van der Waals surface area contributed by atoms with Crippen LogP contribution in [-0.2, 0) is 4.79 Å². The van der Waals surface area contributed by atoms with E-state index < -0.39 is 5.82 Å². The fourth-order valence-electron chi connectivity index (χ4n) is 2.84. The van der Waals surface area contributed by atoms with E-state index in [0.29, 0.717) is 11.7 Å². The summed E-state index contributed by atoms with van der Waals surface area (Å²) >= 11 is 5.93. The van der Waals surface area contributed by atoms with Crippen LogP contribution < -0.4 is 10.6 Å². The largest absolute Gasteiger partial charge is 0.334 e. The highest BCUT2D eigenvalue weighted by atomic mass is 35.5. The topological polar surface area (TPSA) is 45.7 Å². The highest BCUT2D eigenvalue weighted by Gasteiger charge is 2.23. The third-order valence-electron chi connectivity index (χ3n) is 4.06. The van der Waals surface area contributed by atoms with Crippen LogP contribution in [0.1, 0.15) is 45.4 Å². The summed E-state index contributed by atoms with van der Waals surface area (Å²) in [4.78, 5) is 12.2. The Bertz CT molecular complexity index is 487. The minimum Gasteiger partial charge on any atom is -0.334 e. The second-order valence-electron chi connectivity index (χ2n) is 5.85. The number of carbonyl (C=O) groups excluding carboxylic acids is 1. The van der Waals surface area contributed by atoms with Crippen LogP contribution in [-0.4, -0.2) is 18.0 Å². The third-order valence-corrected chi connectivity index (χ3v) is 4.38. The van der Waals surface area contributed by atoms with Gasteiger partial charge >= 0.3 is 0 Å². The van der Waals surface area contributed by atoms with Crippen LogP contribution in [0.5, 0.6) is 0 Å². The molecular formula is C16H23ClFN2O+. The maximum absolute atomic E-state index is 13.0. The van der Waals surface area contributed by atoms with E-state index in [1.165, 1.54) is 56.7 Å². The highest BCUT2D eigenvalue weighted by Crippen LogP contribution is 2.22. The number of carbonyl (C=O) groups is 1. The van der Waals surface area contributed by atoms with Gasteiger partial charge in [-0.25, -0.2) is 4.39 Å². The Balaban J connectivity index is 1.89. The molecule has 2 rings (SSSR count). The molecule has 0 spiro atoms. The molecule has 0 heterocycles. The first-order valence-electron chi connectivity index (χ1n) is 7.67. The standard InChI is InChI=1S/C16H22ClFN2O/c1-11(19-13-6-4-2-3-5-7-13)16(21)20-15-9-8-12(18)10-14(15)17/h8-11,13,19H,2-7H2,1H3,(H,20,21)/p+1/t11-/m0/s1. The summed E-state index contributed by atoms with van der Waals surface area (Å²) in [6, 6.07) is 4.34. The van der Waals surface area contributed by atoms with Crippen molar-refractivity contribution in [1.82, 2.24) is 0 Å². The van der Waals surface area contributed by atoms with E-state index in [2.05, 4.69) is 10.6 Å². The highest BCUT2D eigenvalue weighted by molar-refractivity contribution is 6.33. The lowest BCUT2D eigenvalue weighted by Gasteiger charge is -2.18. The molecule has 1 aromatic rings. The first kappa shape index (κ1) is 16.2. The zero-order valence-corrected chi connectivity index (χ0v) is 13.1. The number of nitrogens with two attached hydrogens (primary N) is 1. The fraction of sp³-hybridized carbons (Fsp3) is 0.562. The van der Waals surface area contributed by atoms with Gasteiger partial charge in [0.1, 0.15) is 5.82 Å². The Kier molecular flexibility index (Phi) is 6.00. The second-order valence-corrected chi connectivity index (χ2v) is 6.25. The molecule has 0 saturated heterocycles. The summed E-state index contributed by atoms with van der Waals surface area (Å²) in [5.74, 6) is -0.496. The molecule has 1 fully saturated rings. The number of amides is 1. The molecule has 1 atom stereocenters. The number of anilines is 1. The average molecular weight is 314 g/mol. The molecule has 1 aromatic carbocycles. The van der Waals surface area contributed by atoms with Gasteiger partial charge in [0.25, 0.3) is 5.91 Å². The maximum atomic E-state index is 13.0. The summed E-state index contributed by atoms with van der Waals surface area (Å²) in [6.07, 6.45) is 7.45. The van der Waals surface area contributed by atoms with Gasteiger partial charge in [-0.05, 0) is 50.8 Å². The molecule has 5 heteroatoms. The van der Waals surface area contributed by atoms with Gasteiger partial charge in [0, 0.05) is 0 Å². The molecule has 3 N–H and O–H groups in total. The molecule has 0 aromatic heterocycles. The number of hydrogen-bond donors (Lipinski definition) is 2. The van der Waals surface area contributed by atoms with Crippen molar-refractivity contribution < 1.29 is 14.5 Å². The number of hydrogen-bond acceptors (Lipinski definition) is 1. The van der Waals surface area contributed by atoms with E-state index in [1.54, 1.807) is 0 Å². The SMILES string of the molecule is C[C@H]([NH2+]C1CCCCCC1)C(=O)Nc1ccc(F)cc1Cl. The Morgan fingerprint density at radius 1 is 1.33 bits per heavy atom. The van der Waals surface area contributed by atoms with Crippen LogP contribution in [0.25, 0.3) is 0 Å². The van der Waals surface area contributed by atoms with E-state index in [9.17, 15) is 9.18 Å². The molecule has 0 radical (unpaired) electrons. The average Bonchev–Trinajstić information content (AvgIpc) is 2.70. The summed E-state index contributed by atoms with van der Waals surface area (Å²) in [7, 11) is 0. The molecule has 0 bridgehead atoms. The predicted molar refractivity (Wildman–Crippen MR) is 82.9 cm³/mol. The first-order valence-corrected chi connectivity index (χ1v) is 8.05. The Morgan fingerprint density at radius 3 is 2.62 bits per heavy atom. The van der Waals surface area contributed by atoms with Crippen LogP contribution in [0.4, 0.5) is 10.1 Å². The van der Waals surface area contributed by atoms with Gasteiger partial charge < -0.3 is 10.6 Å². The molecular weight excluding hydrogens is 291 g/mol. The number of nitrogens with one attached hydrogen (secondary N) is 1. The summed E-state index contributed by atoms with van der Waals surface area (Å²) < 4.78 is 13.0. The summed E-state index contributed by atoms with van der Waals surface area (Å²) in [6.45, 7) is 1.90. The molecule has 1 aliphatic carbocycles. The van der Waals surface area contributed by atoms with Crippen molar-refractivity contribution in [2.24, 2.45) is 0 Å². The lowest BCUT2D eigenvalue weighted by atomic mass is 10.1. The summed E-state index contributed by atoms with van der Waals surface area (Å²) in [5.41, 5.74) is 0.462. The van der Waals surface area contributed by atoms with Gasteiger partial charge in [-0.2, -0.15) is 0 Å². The number of benzene rings is 1. The zero-order chi connectivity index (χ0) is 15.2. The van der Waals surface area contributed by atoms with Gasteiger partial charge in [0.2, 0.25) is 0 Å². The second kappa shape index (κ2) is 7.76. The van der Waals surface area contributed by atoms with E-state index in [4.69, 9.17) is 11.6 Å². The third kappa shape index (κ3) is 4.97. The lowest BCUT2D eigenvalue weighted by molar-refractivity contribution is -0.707. The van der Waals surface area contributed by atoms with Crippen LogP contribution in [0.15, 0.2) is 18.2 Å². The molecule has 3 nitrogen and oxygen atoms in total. The molecule has 1 amide bonds. The van der Waals surface area contributed by atoms with Crippen molar-refractivity contribution in [3.63, 3.8) is 0 Å². The number of halogens is 2. The maximum Gasteiger partial charge on any atom is 0.282 e. The van der Waals surface area contributed by atoms with Crippen molar-refractivity contribution in [2.45, 2.75) is 57.5 Å². The minimum atomic E-state index is -0.406. The van der Waals surface area contributed by atoms with Gasteiger partial charge in [-0.3, -0.25) is 4.79 Å². The lowest BCUT2D eigenvalue weighted by Crippen LogP contribution is -2.96. The van der Waals surface area contributed by atoms with Crippen LogP contribution in [0, 0.1) is 5.82 Å². The van der Waals surface area contributed by atoms with Gasteiger partial charge in [-0.1, -0.05) is 24.4 Å². The zero-order valence-electron chi connectivity index (χ0n) is 12.4. The van der Waals surface area contributed by atoms with Crippen molar-refractivity contribution in [2.75, 3.05) is 5.32 Å². The normalized spacial score (nSPS) is 18.0. The van der Waals surface area contributed by atoms with Crippen LogP contribution in [0.2, 0.25) is 5.02 Å². The fourth-order valence-corrected chi connectivity index (χ4v) is 3.05. The van der Waals surface area contributed by atoms with Gasteiger partial charge in [0.05, 0.1) is 16.8 Å². The van der Waals surface area contributed by atoms with Gasteiger partial charge in [0.15, 0.2) is 6.04 Å². The van der Waals surface area contributed by atoms with Crippen molar-refractivity contribution >= 4 is 23.2 Å². The number of rotatable bonds is 4. The van der Waals surface area contributed by atoms with Crippen LogP contribution >= 0.6 is 11.6 Å². The predicted octanol–water partition coefficient (Wildman–Crippen LogP) is 3.09. The molecule has 21 heavy (non-hydrogen) atoms. The van der Waals surface area contributed by atoms with E-state index >= 15 is 0 Å². The Hall–Kier alpha value is -1.13. The Labute approximate surface area is 130 Å². The summed E-state index contributed by atoms with van der Waals surface area (Å²) in [5, 5.41) is 5.15. The van der Waals surface area contributed by atoms with Crippen LogP contribution in [0.3, 0.4) is 0 Å². The minimum absolute atomic E-state index is 0.0900. The quantitative estimate of drug-likeness (QED) is 0.824. The smallest absolute Gasteiger partial charge is 0.282 e. The molecule has 116 valence electrons. The molecule has 1 saturated carbocycles. The van der Waals surface area contributed by atoms with Crippen molar-refractivity contribution in [1.29, 1.82) is 0 Å². The van der Waals surface area contributed by atoms with E-state index in [0.717, 1.165) is 0 Å². The van der Waals surface area contributed by atoms with Crippen molar-refractivity contribution in [3.8, 4) is 0 Å². The first-order chi connectivity index (χ1) is 10.1. The van der Waals surface area contributed by atoms with E-state index in [1.807, 2.05) is 6.92 Å². The van der Waals surface area contributed by atoms with Gasteiger partial charge in [-0.15, -0.1) is 0 Å². The Morgan fingerprint density at radius 2 is 2.00 bits per heavy atom. The molecule has 0 aliphatic heterocycles. The monoisotopic (exact) mass is 313 g/mol. The molecule has 0 unspecified atom stereocenters. The number of quaternary nitrogens is 1. The van der Waals surface area contributed by atoms with E-state index in [-0.39, 0.29) is 17.0 Å². The molecule has 1 aliphatic rings.